The first-order valence-electron chi connectivity index (χ1n) is 6.86. The van der Waals surface area contributed by atoms with Gasteiger partial charge in [-0.3, -0.25) is 0 Å². The molecule has 0 radical (unpaired) electrons. The summed E-state index contributed by atoms with van der Waals surface area (Å²) in [6.45, 7) is 16.5. The molecule has 2 nitrogen and oxygen atoms in total. The Kier molecular flexibility index (Phi) is 5.26. The van der Waals surface area contributed by atoms with Crippen LogP contribution in [0.25, 0.3) is 0 Å². The van der Waals surface area contributed by atoms with Gasteiger partial charge in [-0.25, -0.2) is 0 Å². The lowest BCUT2D eigenvalue weighted by Gasteiger charge is -2.38. The van der Waals surface area contributed by atoms with Gasteiger partial charge in [0.25, 0.3) is 0 Å². The van der Waals surface area contributed by atoms with Gasteiger partial charge in [0, 0.05) is 25.7 Å². The largest absolute Gasteiger partial charge is 0.313 e. The monoisotopic (exact) mass is 226 g/mol. The molecule has 0 aromatic rings. The number of likely N-dealkylation sites (tertiary alicyclic amines) is 1. The molecule has 1 aliphatic heterocycles. The Balaban J connectivity index is 2.18. The summed E-state index contributed by atoms with van der Waals surface area (Å²) in [6, 6.07) is 0.637. The van der Waals surface area contributed by atoms with Gasteiger partial charge in [-0.1, -0.05) is 27.7 Å². The minimum absolute atomic E-state index is 0.530. The van der Waals surface area contributed by atoms with Gasteiger partial charge in [-0.05, 0) is 37.6 Å². The maximum absolute atomic E-state index is 3.62. The third-order valence-corrected chi connectivity index (χ3v) is 3.87. The highest BCUT2D eigenvalue weighted by Gasteiger charge is 2.25. The lowest BCUT2D eigenvalue weighted by atomic mass is 9.84. The third-order valence-electron chi connectivity index (χ3n) is 3.87. The average molecular weight is 226 g/mol. The SMILES string of the molecule is CC(C)C(C)NCCN1CCCC(C)(C)C1. The number of rotatable bonds is 5. The molecule has 2 heteroatoms. The normalized spacial score (nSPS) is 23.6. The van der Waals surface area contributed by atoms with Crippen molar-refractivity contribution in [2.24, 2.45) is 11.3 Å². The van der Waals surface area contributed by atoms with Crippen molar-refractivity contribution in [3.63, 3.8) is 0 Å². The second kappa shape index (κ2) is 6.02. The summed E-state index contributed by atoms with van der Waals surface area (Å²) < 4.78 is 0. The maximum atomic E-state index is 3.62. The van der Waals surface area contributed by atoms with Crippen LogP contribution in [0.1, 0.15) is 47.5 Å². The molecule has 1 aliphatic rings. The summed E-state index contributed by atoms with van der Waals surface area (Å²) in [5.41, 5.74) is 0.530. The average Bonchev–Trinajstić information content (AvgIpc) is 2.15. The van der Waals surface area contributed by atoms with E-state index in [1.165, 1.54) is 32.5 Å². The van der Waals surface area contributed by atoms with E-state index >= 15 is 0 Å². The van der Waals surface area contributed by atoms with Crippen LogP contribution in [-0.4, -0.2) is 37.1 Å². The van der Waals surface area contributed by atoms with Crippen molar-refractivity contribution in [2.75, 3.05) is 26.2 Å². The Bertz CT molecular complexity index is 199. The molecule has 1 heterocycles. The molecule has 0 amide bonds. The zero-order chi connectivity index (χ0) is 12.2. The molecule has 96 valence electrons. The van der Waals surface area contributed by atoms with Crippen LogP contribution in [0.15, 0.2) is 0 Å². The summed E-state index contributed by atoms with van der Waals surface area (Å²) >= 11 is 0. The van der Waals surface area contributed by atoms with E-state index in [2.05, 4.69) is 44.8 Å². The van der Waals surface area contributed by atoms with Crippen molar-refractivity contribution in [1.29, 1.82) is 0 Å². The molecule has 1 saturated heterocycles. The minimum atomic E-state index is 0.530. The smallest absolute Gasteiger partial charge is 0.0107 e. The molecule has 0 saturated carbocycles. The van der Waals surface area contributed by atoms with Crippen LogP contribution in [0.3, 0.4) is 0 Å². The van der Waals surface area contributed by atoms with Gasteiger partial charge < -0.3 is 10.2 Å². The van der Waals surface area contributed by atoms with Crippen molar-refractivity contribution >= 4 is 0 Å². The van der Waals surface area contributed by atoms with E-state index in [1.807, 2.05) is 0 Å². The van der Waals surface area contributed by atoms with Crippen LogP contribution in [0, 0.1) is 11.3 Å². The zero-order valence-corrected chi connectivity index (χ0v) is 11.8. The van der Waals surface area contributed by atoms with Gasteiger partial charge >= 0.3 is 0 Å². The predicted octanol–water partition coefficient (Wildman–Crippen LogP) is 2.74. The Hall–Kier alpha value is -0.0800. The molecule has 16 heavy (non-hydrogen) atoms. The zero-order valence-electron chi connectivity index (χ0n) is 11.8. The van der Waals surface area contributed by atoms with Gasteiger partial charge in [-0.15, -0.1) is 0 Å². The van der Waals surface area contributed by atoms with E-state index in [1.54, 1.807) is 0 Å². The predicted molar refractivity (Wildman–Crippen MR) is 71.8 cm³/mol. The number of hydrogen-bond donors (Lipinski definition) is 1. The van der Waals surface area contributed by atoms with E-state index in [4.69, 9.17) is 0 Å². The van der Waals surface area contributed by atoms with Crippen LogP contribution < -0.4 is 5.32 Å². The molecule has 0 aromatic heterocycles. The van der Waals surface area contributed by atoms with Crippen LogP contribution in [0.2, 0.25) is 0 Å². The second-order valence-electron chi connectivity index (χ2n) is 6.53. The Morgan fingerprint density at radius 3 is 2.50 bits per heavy atom. The lowest BCUT2D eigenvalue weighted by molar-refractivity contribution is 0.117. The molecule has 0 aliphatic carbocycles. The summed E-state index contributed by atoms with van der Waals surface area (Å²) in [5, 5.41) is 3.62. The molecule has 0 aromatic carbocycles. The molecule has 1 rings (SSSR count). The minimum Gasteiger partial charge on any atom is -0.313 e. The van der Waals surface area contributed by atoms with E-state index in [9.17, 15) is 0 Å². The molecule has 1 atom stereocenters. The van der Waals surface area contributed by atoms with Gasteiger partial charge in [0.1, 0.15) is 0 Å². The van der Waals surface area contributed by atoms with Crippen LogP contribution in [0.5, 0.6) is 0 Å². The highest BCUT2D eigenvalue weighted by atomic mass is 15.2. The molecular weight excluding hydrogens is 196 g/mol. The van der Waals surface area contributed by atoms with E-state index in [0.29, 0.717) is 11.5 Å². The fourth-order valence-corrected chi connectivity index (χ4v) is 2.42. The molecule has 1 N–H and O–H groups in total. The van der Waals surface area contributed by atoms with Crippen molar-refractivity contribution in [3.05, 3.63) is 0 Å². The Morgan fingerprint density at radius 1 is 1.25 bits per heavy atom. The van der Waals surface area contributed by atoms with Gasteiger partial charge in [0.2, 0.25) is 0 Å². The summed E-state index contributed by atoms with van der Waals surface area (Å²) in [4.78, 5) is 2.61. The van der Waals surface area contributed by atoms with Crippen LogP contribution in [-0.2, 0) is 0 Å². The number of hydrogen-bond acceptors (Lipinski definition) is 2. The third kappa shape index (κ3) is 4.84. The van der Waals surface area contributed by atoms with Crippen LogP contribution in [0.4, 0.5) is 0 Å². The van der Waals surface area contributed by atoms with Crippen molar-refractivity contribution in [3.8, 4) is 0 Å². The summed E-state index contributed by atoms with van der Waals surface area (Å²) in [6.07, 6.45) is 2.76. The fraction of sp³-hybridized carbons (Fsp3) is 1.00. The van der Waals surface area contributed by atoms with Gasteiger partial charge in [0.05, 0.1) is 0 Å². The molecular formula is C14H30N2. The number of nitrogens with zero attached hydrogens (tertiary/aromatic N) is 1. The molecule has 0 bridgehead atoms. The van der Waals surface area contributed by atoms with Gasteiger partial charge in [0.15, 0.2) is 0 Å². The fourth-order valence-electron chi connectivity index (χ4n) is 2.42. The quantitative estimate of drug-likeness (QED) is 0.775. The molecule has 1 fully saturated rings. The number of piperidine rings is 1. The number of nitrogens with one attached hydrogen (secondary N) is 1. The highest BCUT2D eigenvalue weighted by molar-refractivity contribution is 4.80. The van der Waals surface area contributed by atoms with E-state index in [0.717, 1.165) is 12.5 Å². The summed E-state index contributed by atoms with van der Waals surface area (Å²) in [5.74, 6) is 0.734. The van der Waals surface area contributed by atoms with E-state index in [-0.39, 0.29) is 0 Å². The molecule has 0 spiro atoms. The van der Waals surface area contributed by atoms with E-state index < -0.39 is 0 Å². The molecule has 1 unspecified atom stereocenters. The topological polar surface area (TPSA) is 15.3 Å². The maximum Gasteiger partial charge on any atom is 0.0107 e. The summed E-state index contributed by atoms with van der Waals surface area (Å²) in [7, 11) is 0. The van der Waals surface area contributed by atoms with Gasteiger partial charge in [-0.2, -0.15) is 0 Å². The highest BCUT2D eigenvalue weighted by Crippen LogP contribution is 2.27. The Morgan fingerprint density at radius 2 is 1.94 bits per heavy atom. The standard InChI is InChI=1S/C14H30N2/c1-12(2)13(3)15-8-10-16-9-6-7-14(4,5)11-16/h12-13,15H,6-11H2,1-5H3. The lowest BCUT2D eigenvalue weighted by Crippen LogP contribution is -2.44. The van der Waals surface area contributed by atoms with Crippen molar-refractivity contribution in [1.82, 2.24) is 10.2 Å². The first-order valence-corrected chi connectivity index (χ1v) is 6.86. The van der Waals surface area contributed by atoms with Crippen LogP contribution >= 0.6 is 0 Å². The first kappa shape index (κ1) is 14.0. The van der Waals surface area contributed by atoms with Crippen molar-refractivity contribution in [2.45, 2.75) is 53.5 Å². The van der Waals surface area contributed by atoms with Crippen molar-refractivity contribution < 1.29 is 0 Å². The first-order chi connectivity index (χ1) is 7.41. The Labute approximate surface area is 102 Å². The second-order valence-corrected chi connectivity index (χ2v) is 6.53.